The van der Waals surface area contributed by atoms with Crippen LogP contribution in [0.1, 0.15) is 36.3 Å². The Hall–Kier alpha value is -1.95. The molecule has 0 radical (unpaired) electrons. The lowest BCUT2D eigenvalue weighted by atomic mass is 9.95. The van der Waals surface area contributed by atoms with E-state index in [1.807, 2.05) is 19.3 Å². The van der Waals surface area contributed by atoms with Gasteiger partial charge in [-0.1, -0.05) is 6.07 Å². The highest BCUT2D eigenvalue weighted by molar-refractivity contribution is 7.09. The summed E-state index contributed by atoms with van der Waals surface area (Å²) < 4.78 is 0. The van der Waals surface area contributed by atoms with Gasteiger partial charge in [-0.15, -0.1) is 11.3 Å². The number of thiophene rings is 1. The highest BCUT2D eigenvalue weighted by Gasteiger charge is 2.21. The number of aryl methyl sites for hydroxylation is 1. The quantitative estimate of drug-likeness (QED) is 0.860. The first-order valence-corrected chi connectivity index (χ1v) is 9.91. The third-order valence-electron chi connectivity index (χ3n) is 4.83. The average molecular weight is 359 g/mol. The van der Waals surface area contributed by atoms with Crippen molar-refractivity contribution >= 4 is 23.1 Å². The Morgan fingerprint density at radius 3 is 2.96 bits per heavy atom. The van der Waals surface area contributed by atoms with Crippen molar-refractivity contribution < 1.29 is 4.79 Å². The zero-order valence-electron chi connectivity index (χ0n) is 14.8. The Morgan fingerprint density at radius 2 is 2.24 bits per heavy atom. The molecule has 1 amide bonds. The minimum absolute atomic E-state index is 0.298. The summed E-state index contributed by atoms with van der Waals surface area (Å²) in [5, 5.41) is 5.06. The van der Waals surface area contributed by atoms with E-state index >= 15 is 0 Å². The molecule has 1 aliphatic rings. The normalized spacial score (nSPS) is 18.0. The fourth-order valence-corrected chi connectivity index (χ4v) is 4.06. The molecule has 1 unspecified atom stereocenters. The summed E-state index contributed by atoms with van der Waals surface area (Å²) >= 11 is 1.73. The summed E-state index contributed by atoms with van der Waals surface area (Å²) in [6.45, 7) is 1.76. The molecule has 2 aromatic rings. The molecule has 3 rings (SSSR count). The molecule has 0 bridgehead atoms. The van der Waals surface area contributed by atoms with E-state index in [0.717, 1.165) is 56.7 Å². The van der Waals surface area contributed by atoms with Crippen molar-refractivity contribution in [2.45, 2.75) is 38.5 Å². The Morgan fingerprint density at radius 1 is 1.32 bits per heavy atom. The molecule has 1 fully saturated rings. The molecule has 0 spiro atoms. The van der Waals surface area contributed by atoms with E-state index < -0.39 is 0 Å². The van der Waals surface area contributed by atoms with Gasteiger partial charge in [0.2, 0.25) is 5.91 Å². The first-order chi connectivity index (χ1) is 12.2. The molecule has 25 heavy (non-hydrogen) atoms. The van der Waals surface area contributed by atoms with Crippen molar-refractivity contribution in [2.75, 3.05) is 25.5 Å². The lowest BCUT2D eigenvalue weighted by Gasteiger charge is -2.20. The van der Waals surface area contributed by atoms with Gasteiger partial charge in [-0.25, -0.2) is 4.98 Å². The van der Waals surface area contributed by atoms with Crippen LogP contribution in [-0.2, 0) is 17.6 Å². The summed E-state index contributed by atoms with van der Waals surface area (Å²) in [7, 11) is 1.85. The van der Waals surface area contributed by atoms with E-state index in [1.165, 1.54) is 4.88 Å². The molecule has 1 saturated heterocycles. The van der Waals surface area contributed by atoms with Gasteiger partial charge in [0.05, 0.1) is 18.1 Å². The van der Waals surface area contributed by atoms with Crippen LogP contribution >= 0.6 is 11.3 Å². The smallest absolute Gasteiger partial charge is 0.222 e. The Kier molecular flexibility index (Phi) is 6.39. The molecule has 134 valence electrons. The van der Waals surface area contributed by atoms with Crippen LogP contribution in [0.25, 0.3) is 0 Å². The maximum Gasteiger partial charge on any atom is 0.222 e. The van der Waals surface area contributed by atoms with Crippen LogP contribution in [0.15, 0.2) is 29.9 Å². The molecule has 5 nitrogen and oxygen atoms in total. The van der Waals surface area contributed by atoms with Gasteiger partial charge in [0.15, 0.2) is 0 Å². The summed E-state index contributed by atoms with van der Waals surface area (Å²) in [6, 6.07) is 4.16. The van der Waals surface area contributed by atoms with Gasteiger partial charge in [-0.3, -0.25) is 9.78 Å². The standard InChI is InChI=1S/C19H26N4OS/c1-20-18-14-21-16(13-22-18)12-15-4-2-9-23(10-8-15)19(24)7-6-17-5-3-11-25-17/h3,5,11,13-15H,2,4,6-10,12H2,1H3,(H,20,22). The van der Waals surface area contributed by atoms with E-state index in [1.54, 1.807) is 17.5 Å². The van der Waals surface area contributed by atoms with E-state index in [4.69, 9.17) is 0 Å². The third kappa shape index (κ3) is 5.26. The number of nitrogens with zero attached hydrogens (tertiary/aromatic N) is 3. The fourth-order valence-electron chi connectivity index (χ4n) is 3.35. The molecule has 1 N–H and O–H groups in total. The summed E-state index contributed by atoms with van der Waals surface area (Å²) in [5.74, 6) is 1.68. The zero-order chi connectivity index (χ0) is 17.5. The van der Waals surface area contributed by atoms with Gasteiger partial charge in [0.1, 0.15) is 5.82 Å². The van der Waals surface area contributed by atoms with Crippen LogP contribution in [-0.4, -0.2) is 40.9 Å². The summed E-state index contributed by atoms with van der Waals surface area (Å²) in [6.07, 6.45) is 9.38. The number of hydrogen-bond acceptors (Lipinski definition) is 5. The maximum absolute atomic E-state index is 12.5. The molecule has 0 saturated carbocycles. The van der Waals surface area contributed by atoms with Crippen molar-refractivity contribution in [3.63, 3.8) is 0 Å². The van der Waals surface area contributed by atoms with E-state index in [-0.39, 0.29) is 0 Å². The van der Waals surface area contributed by atoms with Crippen molar-refractivity contribution in [1.82, 2.24) is 14.9 Å². The van der Waals surface area contributed by atoms with Gasteiger partial charge in [0.25, 0.3) is 0 Å². The zero-order valence-corrected chi connectivity index (χ0v) is 15.6. The second-order valence-corrected chi connectivity index (χ2v) is 7.64. The van der Waals surface area contributed by atoms with Gasteiger partial charge in [0, 0.05) is 31.4 Å². The van der Waals surface area contributed by atoms with E-state index in [9.17, 15) is 4.79 Å². The van der Waals surface area contributed by atoms with Gasteiger partial charge in [-0.05, 0) is 49.5 Å². The van der Waals surface area contributed by atoms with E-state index in [2.05, 4.69) is 31.6 Å². The number of hydrogen-bond donors (Lipinski definition) is 1. The lowest BCUT2D eigenvalue weighted by Crippen LogP contribution is -2.32. The number of rotatable bonds is 6. The van der Waals surface area contributed by atoms with Crippen LogP contribution < -0.4 is 5.32 Å². The first kappa shape index (κ1) is 17.9. The van der Waals surface area contributed by atoms with Crippen LogP contribution in [0.3, 0.4) is 0 Å². The number of anilines is 1. The van der Waals surface area contributed by atoms with Gasteiger partial charge >= 0.3 is 0 Å². The molecular weight excluding hydrogens is 332 g/mol. The third-order valence-corrected chi connectivity index (χ3v) is 5.76. The average Bonchev–Trinajstić information content (AvgIpc) is 3.06. The summed E-state index contributed by atoms with van der Waals surface area (Å²) in [4.78, 5) is 24.7. The SMILES string of the molecule is CNc1cnc(CC2CCCN(C(=O)CCc3cccs3)CC2)cn1. The summed E-state index contributed by atoms with van der Waals surface area (Å²) in [5.41, 5.74) is 1.04. The number of aromatic nitrogens is 2. The molecule has 0 aliphatic carbocycles. The van der Waals surface area contributed by atoms with Gasteiger partial charge in [-0.2, -0.15) is 0 Å². The van der Waals surface area contributed by atoms with Crippen LogP contribution in [0.2, 0.25) is 0 Å². The Balaban J connectivity index is 1.46. The topological polar surface area (TPSA) is 58.1 Å². The minimum atomic E-state index is 0.298. The fraction of sp³-hybridized carbons (Fsp3) is 0.526. The number of nitrogens with one attached hydrogen (secondary N) is 1. The molecule has 1 aliphatic heterocycles. The highest BCUT2D eigenvalue weighted by atomic mass is 32.1. The van der Waals surface area contributed by atoms with Crippen molar-refractivity contribution in [1.29, 1.82) is 0 Å². The second kappa shape index (κ2) is 8.94. The number of carbonyl (C=O) groups is 1. The number of likely N-dealkylation sites (tertiary alicyclic amines) is 1. The highest BCUT2D eigenvalue weighted by Crippen LogP contribution is 2.22. The van der Waals surface area contributed by atoms with Crippen molar-refractivity contribution in [3.8, 4) is 0 Å². The van der Waals surface area contributed by atoms with Crippen molar-refractivity contribution in [3.05, 3.63) is 40.5 Å². The molecule has 1 atom stereocenters. The largest absolute Gasteiger partial charge is 0.372 e. The minimum Gasteiger partial charge on any atom is -0.372 e. The Bertz CT molecular complexity index is 657. The predicted molar refractivity (Wildman–Crippen MR) is 102 cm³/mol. The predicted octanol–water partition coefficient (Wildman–Crippen LogP) is 3.38. The van der Waals surface area contributed by atoms with Crippen LogP contribution in [0.4, 0.5) is 5.82 Å². The monoisotopic (exact) mass is 358 g/mol. The molecule has 3 heterocycles. The maximum atomic E-state index is 12.5. The lowest BCUT2D eigenvalue weighted by molar-refractivity contribution is -0.131. The van der Waals surface area contributed by atoms with Crippen molar-refractivity contribution in [2.24, 2.45) is 5.92 Å². The van der Waals surface area contributed by atoms with Gasteiger partial charge < -0.3 is 10.2 Å². The Labute approximate surface area is 153 Å². The first-order valence-electron chi connectivity index (χ1n) is 9.03. The second-order valence-electron chi connectivity index (χ2n) is 6.60. The van der Waals surface area contributed by atoms with E-state index in [0.29, 0.717) is 18.2 Å². The molecular formula is C19H26N4OS. The number of carbonyl (C=O) groups excluding carboxylic acids is 1. The molecule has 2 aromatic heterocycles. The molecule has 0 aromatic carbocycles. The van der Waals surface area contributed by atoms with Crippen LogP contribution in [0, 0.1) is 5.92 Å². The molecule has 6 heteroatoms. The van der Waals surface area contributed by atoms with Crippen LogP contribution in [0.5, 0.6) is 0 Å². The number of amides is 1.